The van der Waals surface area contributed by atoms with Gasteiger partial charge in [-0.15, -0.1) is 0 Å². The fraction of sp³-hybridized carbons (Fsp3) is 0.654. The van der Waals surface area contributed by atoms with Crippen LogP contribution in [0, 0.1) is 29.5 Å². The molecule has 0 amide bonds. The van der Waals surface area contributed by atoms with E-state index in [2.05, 4.69) is 0 Å². The third-order valence-corrected chi connectivity index (χ3v) is 7.06. The van der Waals surface area contributed by atoms with Gasteiger partial charge in [0.1, 0.15) is 12.7 Å². The van der Waals surface area contributed by atoms with Crippen molar-refractivity contribution in [2.75, 3.05) is 13.2 Å². The van der Waals surface area contributed by atoms with E-state index in [1.165, 1.54) is 12.1 Å². The molecular formula is C26H37FO6. The van der Waals surface area contributed by atoms with Gasteiger partial charge in [0, 0.05) is 18.9 Å². The molecule has 0 radical (unpaired) electrons. The summed E-state index contributed by atoms with van der Waals surface area (Å²) in [6.07, 6.45) is 7.46. The quantitative estimate of drug-likeness (QED) is 0.425. The third-order valence-electron chi connectivity index (χ3n) is 7.06. The summed E-state index contributed by atoms with van der Waals surface area (Å²) in [6, 6.07) is 6.06. The van der Waals surface area contributed by atoms with Crippen LogP contribution < -0.4 is 4.74 Å². The van der Waals surface area contributed by atoms with Crippen LogP contribution in [0.1, 0.15) is 51.9 Å². The molecule has 0 spiro atoms. The molecule has 0 bridgehead atoms. The van der Waals surface area contributed by atoms with Gasteiger partial charge in [0.2, 0.25) is 0 Å². The molecule has 6 nitrogen and oxygen atoms in total. The van der Waals surface area contributed by atoms with Crippen molar-refractivity contribution in [1.82, 2.24) is 0 Å². The number of para-hydroxylation sites is 1. The first kappa shape index (κ1) is 25.7. The van der Waals surface area contributed by atoms with E-state index >= 15 is 0 Å². The van der Waals surface area contributed by atoms with E-state index in [4.69, 9.17) is 9.47 Å². The van der Waals surface area contributed by atoms with Gasteiger partial charge < -0.3 is 24.8 Å². The van der Waals surface area contributed by atoms with Gasteiger partial charge in [-0.25, -0.2) is 4.39 Å². The highest BCUT2D eigenvalue weighted by Crippen LogP contribution is 2.42. The number of carboxylic acid groups (broad SMARTS) is 1. The Hall–Kier alpha value is -1.96. The smallest absolute Gasteiger partial charge is 0.306 e. The molecule has 3 N–H and O–H groups in total. The topological polar surface area (TPSA) is 96.2 Å². The van der Waals surface area contributed by atoms with Crippen molar-refractivity contribution >= 4 is 5.97 Å². The molecule has 1 saturated carbocycles. The minimum Gasteiger partial charge on any atom is -0.487 e. The minimum atomic E-state index is -0.915. The molecule has 1 heterocycles. The van der Waals surface area contributed by atoms with Crippen molar-refractivity contribution in [2.45, 2.75) is 70.2 Å². The number of hydrogen-bond donors (Lipinski definition) is 3. The molecule has 1 aromatic carbocycles. The average molecular weight is 465 g/mol. The number of aliphatic carboxylic acids is 1. The number of carbonyl (C=O) groups is 1. The van der Waals surface area contributed by atoms with E-state index in [0.717, 1.165) is 25.7 Å². The Labute approximate surface area is 195 Å². The van der Waals surface area contributed by atoms with Gasteiger partial charge in [-0.05, 0) is 56.1 Å². The average Bonchev–Trinajstić information content (AvgIpc) is 2.95. The van der Waals surface area contributed by atoms with Crippen LogP contribution in [0.5, 0.6) is 5.75 Å². The number of benzene rings is 1. The van der Waals surface area contributed by atoms with Crippen LogP contribution in [-0.4, -0.2) is 52.8 Å². The van der Waals surface area contributed by atoms with Crippen molar-refractivity contribution in [1.29, 1.82) is 0 Å². The lowest BCUT2D eigenvalue weighted by atomic mass is 9.85. The fourth-order valence-electron chi connectivity index (χ4n) is 5.17. The Morgan fingerprint density at radius 3 is 2.82 bits per heavy atom. The van der Waals surface area contributed by atoms with E-state index in [1.54, 1.807) is 18.2 Å². The highest BCUT2D eigenvalue weighted by molar-refractivity contribution is 5.69. The van der Waals surface area contributed by atoms with Gasteiger partial charge in [0.25, 0.3) is 0 Å². The Kier molecular flexibility index (Phi) is 9.71. The van der Waals surface area contributed by atoms with Gasteiger partial charge in [-0.2, -0.15) is 0 Å². The van der Waals surface area contributed by atoms with Crippen molar-refractivity contribution in [3.8, 4) is 5.75 Å². The zero-order chi connectivity index (χ0) is 23.8. The Morgan fingerprint density at radius 2 is 2.09 bits per heavy atom. The number of hydrogen-bond acceptors (Lipinski definition) is 5. The Morgan fingerprint density at radius 1 is 1.30 bits per heavy atom. The Balaban J connectivity index is 1.50. The van der Waals surface area contributed by atoms with Crippen LogP contribution >= 0.6 is 0 Å². The lowest BCUT2D eigenvalue weighted by molar-refractivity contribution is -0.142. The standard InChI is InChI=1S/C26H37FO6/c1-2-5-18(26(30)31)10-8-17-9-12-21-20(23(29)14-25(21)32-15-17)13-11-19(28)16-33-24-7-4-3-6-22(24)27/h3-4,6-7,11,13,17-21,23,25,28-29H,2,5,8-10,12,14-16H2,1H3,(H,30,31)/t17-,18?,19-,20-,21-,23-,25+/m1/s1. The molecule has 1 saturated heterocycles. The molecular weight excluding hydrogens is 427 g/mol. The molecule has 1 aromatic rings. The first-order valence-electron chi connectivity index (χ1n) is 12.1. The molecule has 0 aromatic heterocycles. The maximum absolute atomic E-state index is 13.7. The molecule has 33 heavy (non-hydrogen) atoms. The van der Waals surface area contributed by atoms with Gasteiger partial charge >= 0.3 is 5.97 Å². The summed E-state index contributed by atoms with van der Waals surface area (Å²) in [5.41, 5.74) is 0. The normalized spacial score (nSPS) is 29.4. The maximum Gasteiger partial charge on any atom is 0.306 e. The van der Waals surface area contributed by atoms with E-state index in [9.17, 15) is 24.5 Å². The SMILES string of the molecule is CCCC(CC[C@@H]1CC[C@@H]2[C@@H](C=C[C@@H](O)COc3ccccc3F)[C@H](O)C[C@@H]2OC1)C(=O)O. The van der Waals surface area contributed by atoms with Gasteiger partial charge in [0.15, 0.2) is 11.6 Å². The number of fused-ring (bicyclic) bond motifs is 1. The van der Waals surface area contributed by atoms with E-state index in [-0.39, 0.29) is 36.2 Å². The second-order valence-electron chi connectivity index (χ2n) is 9.45. The predicted octanol–water partition coefficient (Wildman–Crippen LogP) is 4.19. The molecule has 1 unspecified atom stereocenters. The molecule has 2 aliphatic rings. The van der Waals surface area contributed by atoms with Crippen LogP contribution in [0.4, 0.5) is 4.39 Å². The van der Waals surface area contributed by atoms with Crippen LogP contribution in [0.25, 0.3) is 0 Å². The summed E-state index contributed by atoms with van der Waals surface area (Å²) in [4.78, 5) is 11.4. The van der Waals surface area contributed by atoms with Gasteiger partial charge in [0.05, 0.1) is 18.1 Å². The summed E-state index contributed by atoms with van der Waals surface area (Å²) in [7, 11) is 0. The first-order valence-corrected chi connectivity index (χ1v) is 12.1. The van der Waals surface area contributed by atoms with Crippen molar-refractivity contribution in [3.05, 3.63) is 42.2 Å². The molecule has 7 atom stereocenters. The summed E-state index contributed by atoms with van der Waals surface area (Å²) in [5, 5.41) is 30.2. The molecule has 7 heteroatoms. The first-order chi connectivity index (χ1) is 15.9. The lowest BCUT2D eigenvalue weighted by Crippen LogP contribution is -2.22. The van der Waals surface area contributed by atoms with Gasteiger partial charge in [-0.1, -0.05) is 37.6 Å². The highest BCUT2D eigenvalue weighted by atomic mass is 19.1. The van der Waals surface area contributed by atoms with Crippen LogP contribution in [0.15, 0.2) is 36.4 Å². The monoisotopic (exact) mass is 464 g/mol. The Bertz CT molecular complexity index is 784. The van der Waals surface area contributed by atoms with Crippen molar-refractivity contribution in [3.63, 3.8) is 0 Å². The van der Waals surface area contributed by atoms with Crippen molar-refractivity contribution in [2.24, 2.45) is 23.7 Å². The molecule has 2 fully saturated rings. The fourth-order valence-corrected chi connectivity index (χ4v) is 5.17. The second-order valence-corrected chi connectivity index (χ2v) is 9.45. The summed E-state index contributed by atoms with van der Waals surface area (Å²) in [5.74, 6) is -1.01. The zero-order valence-electron chi connectivity index (χ0n) is 19.3. The van der Waals surface area contributed by atoms with Crippen LogP contribution in [0.2, 0.25) is 0 Å². The van der Waals surface area contributed by atoms with Gasteiger partial charge in [-0.3, -0.25) is 4.79 Å². The number of aliphatic hydroxyl groups is 2. The summed E-state index contributed by atoms with van der Waals surface area (Å²) >= 11 is 0. The molecule has 3 rings (SSSR count). The highest BCUT2D eigenvalue weighted by Gasteiger charge is 2.43. The molecule has 1 aliphatic carbocycles. The van der Waals surface area contributed by atoms with Crippen LogP contribution in [-0.2, 0) is 9.53 Å². The number of halogens is 1. The molecule has 1 aliphatic heterocycles. The lowest BCUT2D eigenvalue weighted by Gasteiger charge is -2.21. The van der Waals surface area contributed by atoms with Crippen LogP contribution in [0.3, 0.4) is 0 Å². The summed E-state index contributed by atoms with van der Waals surface area (Å²) < 4.78 is 25.2. The van der Waals surface area contributed by atoms with E-state index in [1.807, 2.05) is 13.0 Å². The third kappa shape index (κ3) is 7.26. The number of aliphatic hydroxyl groups excluding tert-OH is 2. The molecule has 184 valence electrons. The second kappa shape index (κ2) is 12.5. The minimum absolute atomic E-state index is 0.0302. The van der Waals surface area contributed by atoms with Crippen molar-refractivity contribution < 1.29 is 34.0 Å². The number of rotatable bonds is 11. The summed E-state index contributed by atoms with van der Waals surface area (Å²) in [6.45, 7) is 2.53. The maximum atomic E-state index is 13.7. The largest absolute Gasteiger partial charge is 0.487 e. The van der Waals surface area contributed by atoms with E-state index in [0.29, 0.717) is 31.8 Å². The number of ether oxygens (including phenoxy) is 2. The zero-order valence-corrected chi connectivity index (χ0v) is 19.3. The van der Waals surface area contributed by atoms with E-state index < -0.39 is 24.0 Å². The number of carboxylic acids is 1. The predicted molar refractivity (Wildman–Crippen MR) is 122 cm³/mol.